The van der Waals surface area contributed by atoms with Gasteiger partial charge in [-0.3, -0.25) is 38.4 Å². The summed E-state index contributed by atoms with van der Waals surface area (Å²) < 4.78 is 45.1. The van der Waals surface area contributed by atoms with Gasteiger partial charge < -0.3 is 159 Å². The molecule has 7 aromatic carbocycles. The lowest BCUT2D eigenvalue weighted by Gasteiger charge is -2.42. The van der Waals surface area contributed by atoms with Crippen LogP contribution in [0.1, 0.15) is 160 Å². The number of aliphatic hydroxyl groups is 8. The van der Waals surface area contributed by atoms with Crippen molar-refractivity contribution in [1.82, 2.24) is 52.8 Å². The maximum Gasteiger partial charge on any atom is 0.248 e. The number of aliphatic hydroxyl groups excluding tert-OH is 8. The molecule has 25 N–H and O–H groups in total. The summed E-state index contributed by atoms with van der Waals surface area (Å²) in [4.78, 5) is 128. The van der Waals surface area contributed by atoms with Gasteiger partial charge in [0.05, 0.1) is 23.3 Å². The molecule has 0 spiro atoms. The van der Waals surface area contributed by atoms with Gasteiger partial charge in [0.1, 0.15) is 137 Å². The van der Waals surface area contributed by atoms with Crippen molar-refractivity contribution in [3.8, 4) is 80.1 Å². The Bertz CT molecular complexity index is 5360. The predicted octanol–water partition coefficient (Wildman–Crippen LogP) is 3.51. The molecule has 2 saturated heterocycles. The minimum atomic E-state index is -2.42. The standard InChI is InChI=1S/C92H112Cl2N12O27/c1-43(2)13-8-6-4-5-7-9-14-67(113)100-76-80(117)78(115)65(41-107)131-91(76)133-83-63-35-48-36-64(83)129-60-24-19-47(33-55(60)93)77(114)75-90(126)104-73(85(121)98-27-12-30-106(28-10-25-95)29-11-26-96)53-37-49(109)38-62(130-92-82(119)81(118)79(116)66(42-108)132-92)68(53)52-32-45(17-22-57(52)110)71(87(123)105-75)101-88(124)72(48)102-89(125)74-54-39-51(40-59(112)69(54)94)128-61-34-46(18-23-58(61)111)70(97-3)86(122)99-56(84(120)103-74)31-44-15-20-50(127-63)21-16-44/h15-24,32-40,43,56,65-66,70-82,91-92,97,107-112,114-119H,4-14,25-31,41-42,95-96H2,1-3H3,(H,98,121)(H,99,122)(H,100,113)(H,101,124)(H,102,125)(H,103,120)(H,104,126)(H,105,123)/t56-,65-,66-,70-,71-,72-,73-,74+,75+,76-,77-,78-,79-,80-,81+,82+,91+,92+/m1/s1. The largest absolute Gasteiger partial charge is 0.508 e. The van der Waals surface area contributed by atoms with Gasteiger partial charge in [-0.25, -0.2) is 0 Å². The Labute approximate surface area is 774 Å². The lowest BCUT2D eigenvalue weighted by molar-refractivity contribution is -0.277. The van der Waals surface area contributed by atoms with Crippen LogP contribution < -0.4 is 83.0 Å². The van der Waals surface area contributed by atoms with Crippen molar-refractivity contribution < 1.29 is 133 Å². The normalized spacial score (nSPS) is 25.4. The molecule has 7 aromatic rings. The summed E-state index contributed by atoms with van der Waals surface area (Å²) in [5, 5.41) is 163. The quantitative estimate of drug-likeness (QED) is 0.0312. The lowest BCUT2D eigenvalue weighted by atomic mass is 9.89. The predicted molar refractivity (Wildman–Crippen MR) is 477 cm³/mol. The summed E-state index contributed by atoms with van der Waals surface area (Å²) in [6.45, 7) is 4.52. The van der Waals surface area contributed by atoms with Crippen LogP contribution in [0.3, 0.4) is 0 Å². The first kappa shape index (κ1) is 99.0. The van der Waals surface area contributed by atoms with Crippen LogP contribution in [-0.4, -0.2) is 246 Å². The number of nitrogens with one attached hydrogen (secondary N) is 9. The number of amides is 8. The number of nitrogens with zero attached hydrogens (tertiary/aromatic N) is 1. The molecule has 17 bridgehead atoms. The van der Waals surface area contributed by atoms with Gasteiger partial charge in [-0.1, -0.05) is 106 Å². The molecule has 18 atom stereocenters. The molecule has 0 unspecified atom stereocenters. The maximum atomic E-state index is 16.9. The average molecular weight is 1890 g/mol. The fourth-order valence-electron chi connectivity index (χ4n) is 16.8. The Morgan fingerprint density at radius 3 is 1.83 bits per heavy atom. The third-order valence-corrected chi connectivity index (χ3v) is 24.7. The van der Waals surface area contributed by atoms with Crippen molar-refractivity contribution in [2.24, 2.45) is 17.4 Å². The van der Waals surface area contributed by atoms with Crippen molar-refractivity contribution in [3.05, 3.63) is 164 Å². The topological polar surface area (TPSA) is 607 Å². The number of hydrogen-bond acceptors (Lipinski definition) is 31. The van der Waals surface area contributed by atoms with Gasteiger partial charge >= 0.3 is 0 Å². The van der Waals surface area contributed by atoms with E-state index in [1.807, 2.05) is 0 Å². The molecule has 15 rings (SSSR count). The van der Waals surface area contributed by atoms with Gasteiger partial charge in [-0.05, 0) is 178 Å². The molecule has 8 amide bonds. The van der Waals surface area contributed by atoms with Crippen LogP contribution in [0.2, 0.25) is 10.0 Å². The number of phenolic OH excluding ortho intramolecular Hbond substituents is 4. The van der Waals surface area contributed by atoms with Crippen LogP contribution in [0, 0.1) is 5.92 Å². The number of phenols is 4. The van der Waals surface area contributed by atoms with E-state index in [0.717, 1.165) is 92.8 Å². The molecule has 0 aromatic heterocycles. The smallest absolute Gasteiger partial charge is 0.248 e. The summed E-state index contributed by atoms with van der Waals surface area (Å²) >= 11 is 14.4. The number of hydrogen-bond donors (Lipinski definition) is 23. The van der Waals surface area contributed by atoms with Gasteiger partial charge in [-0.15, -0.1) is 0 Å². The van der Waals surface area contributed by atoms with Crippen molar-refractivity contribution in [2.45, 2.75) is 201 Å². The highest BCUT2D eigenvalue weighted by atomic mass is 35.5. The molecular weight excluding hydrogens is 1780 g/mol. The Hall–Kier alpha value is -11.5. The highest BCUT2D eigenvalue weighted by Crippen LogP contribution is 2.51. The number of carbonyl (C=O) groups is 8. The molecule has 8 aliphatic rings. The molecule has 0 saturated carbocycles. The summed E-state index contributed by atoms with van der Waals surface area (Å²) in [6, 6.07) is 6.48. The Balaban J connectivity index is 1.03. The maximum absolute atomic E-state index is 16.9. The molecule has 8 aliphatic heterocycles. The first-order valence-electron chi connectivity index (χ1n) is 44.1. The number of likely N-dealkylation sites (N-methyl/N-ethyl adjacent to an activating group) is 1. The molecule has 133 heavy (non-hydrogen) atoms. The molecular formula is C92H112Cl2N12O27. The van der Waals surface area contributed by atoms with E-state index >= 15 is 28.8 Å². The van der Waals surface area contributed by atoms with Gasteiger partial charge in [0.25, 0.3) is 0 Å². The molecule has 2 fully saturated rings. The summed E-state index contributed by atoms with van der Waals surface area (Å²) in [5.41, 5.74) is 9.26. The molecule has 0 aliphatic carbocycles. The second kappa shape index (κ2) is 44.6. The minimum absolute atomic E-state index is 0.0807. The van der Waals surface area contributed by atoms with E-state index in [-0.39, 0.29) is 59.9 Å². The first-order chi connectivity index (χ1) is 63.8. The highest BCUT2D eigenvalue weighted by molar-refractivity contribution is 6.33. The fraction of sp³-hybridized carbons (Fsp3) is 0.457. The number of carbonyl (C=O) groups excluding carboxylic acids is 8. The number of unbranched alkanes of at least 4 members (excludes halogenated alkanes) is 5. The zero-order valence-electron chi connectivity index (χ0n) is 72.9. The third-order valence-electron chi connectivity index (χ3n) is 24.0. The van der Waals surface area contributed by atoms with Crippen LogP contribution in [0.5, 0.6) is 69.0 Å². The minimum Gasteiger partial charge on any atom is -0.508 e. The summed E-state index contributed by atoms with van der Waals surface area (Å²) in [6.07, 6.45) is -12.8. The van der Waals surface area contributed by atoms with Crippen molar-refractivity contribution >= 4 is 70.5 Å². The summed E-state index contributed by atoms with van der Waals surface area (Å²) in [7, 11) is 1.44. The second-order valence-electron chi connectivity index (χ2n) is 34.0. The number of rotatable bonds is 28. The van der Waals surface area contributed by atoms with Gasteiger partial charge in [0, 0.05) is 48.2 Å². The number of benzene rings is 7. The molecule has 39 nitrogen and oxygen atoms in total. The van der Waals surface area contributed by atoms with Crippen molar-refractivity contribution in [2.75, 3.05) is 59.5 Å². The Morgan fingerprint density at radius 2 is 1.14 bits per heavy atom. The van der Waals surface area contributed by atoms with Crippen LogP contribution in [0.15, 0.2) is 115 Å². The van der Waals surface area contributed by atoms with Crippen LogP contribution >= 0.6 is 23.2 Å². The lowest BCUT2D eigenvalue weighted by Crippen LogP contribution is -2.65. The monoisotopic (exact) mass is 1890 g/mol. The van der Waals surface area contributed by atoms with Crippen molar-refractivity contribution in [3.63, 3.8) is 0 Å². The van der Waals surface area contributed by atoms with E-state index in [9.17, 15) is 70.9 Å². The van der Waals surface area contributed by atoms with Crippen LogP contribution in [0.4, 0.5) is 0 Å². The molecule has 8 heterocycles. The van der Waals surface area contributed by atoms with Crippen LogP contribution in [0.25, 0.3) is 11.1 Å². The fourth-order valence-corrected chi connectivity index (χ4v) is 17.2. The van der Waals surface area contributed by atoms with Gasteiger partial charge in [-0.2, -0.15) is 0 Å². The number of fused-ring (bicyclic) bond motifs is 14. The SMILES string of the molecule is CN[C@H]1C(=O)N[C@@H]2Cc3ccc(cc3)Oc3cc4cc(c3O[C@@H]3O[C@H](CO)[C@@H](O)[C@H](O)[C@H]3NC(=O)CCCCCCCCC(C)C)Oc3ccc(cc3Cl)[C@@H](O)[C@@H]3NC(=O)[C@H](NC(=O)[C@@H]4NC(=O)[C@@H](NC2=O)c2cc(cc(O)c2Cl)Oc2cc1ccc2O)c1ccc(O)c(c1)-c1c(O[C@H]2O[C@H](CO)[C@@H](O)[C@H](O)[C@@H]2O)cc(O)cc1[C@H](C(=O)NCCCN(CCCN)CCCN)NC3=O. The highest BCUT2D eigenvalue weighted by Gasteiger charge is 2.50. The van der Waals surface area contributed by atoms with E-state index < -0.39 is 260 Å². The number of halogens is 2. The number of aromatic hydroxyl groups is 4. The number of ether oxygens (including phenoxy) is 7. The molecule has 41 heteroatoms. The van der Waals surface area contributed by atoms with Gasteiger partial charge in [0.15, 0.2) is 23.0 Å². The third kappa shape index (κ3) is 23.3. The molecule has 0 radical (unpaired) electrons. The average Bonchev–Trinajstić information content (AvgIpc) is 0.750. The Morgan fingerprint density at radius 1 is 0.534 bits per heavy atom. The van der Waals surface area contributed by atoms with Gasteiger partial charge in [0.2, 0.25) is 65.6 Å². The number of nitrogens with two attached hydrogens (primary N) is 2. The summed E-state index contributed by atoms with van der Waals surface area (Å²) in [5.74, 6) is -15.0. The first-order valence-corrected chi connectivity index (χ1v) is 44.8. The van der Waals surface area contributed by atoms with Crippen LogP contribution in [-0.2, 0) is 54.3 Å². The Kier molecular flexibility index (Phi) is 33.2. The van der Waals surface area contributed by atoms with E-state index in [1.54, 1.807) is 0 Å². The second-order valence-corrected chi connectivity index (χ2v) is 34.8. The zero-order chi connectivity index (χ0) is 95.3. The van der Waals surface area contributed by atoms with E-state index in [2.05, 4.69) is 66.6 Å². The van der Waals surface area contributed by atoms with Crippen molar-refractivity contribution in [1.29, 1.82) is 0 Å². The van der Waals surface area contributed by atoms with E-state index in [4.69, 9.17) is 67.8 Å². The zero-order valence-corrected chi connectivity index (χ0v) is 74.4. The molecule has 716 valence electrons. The van der Waals surface area contributed by atoms with E-state index in [0.29, 0.717) is 69.9 Å². The van der Waals surface area contributed by atoms with E-state index in [1.165, 1.54) is 61.6 Å².